The zero-order valence-electron chi connectivity index (χ0n) is 20.3. The van der Waals surface area contributed by atoms with Crippen LogP contribution in [-0.4, -0.2) is 38.9 Å². The minimum Gasteiger partial charge on any atom is -0.481 e. The first-order valence-corrected chi connectivity index (χ1v) is 11.6. The molecule has 0 saturated heterocycles. The summed E-state index contributed by atoms with van der Waals surface area (Å²) in [7, 11) is 1.52. The van der Waals surface area contributed by atoms with Crippen LogP contribution in [0.15, 0.2) is 42.9 Å². The highest BCUT2D eigenvalue weighted by molar-refractivity contribution is 6.06. The van der Waals surface area contributed by atoms with E-state index in [9.17, 15) is 13.6 Å². The predicted molar refractivity (Wildman–Crippen MR) is 129 cm³/mol. The van der Waals surface area contributed by atoms with Crippen molar-refractivity contribution in [3.63, 3.8) is 0 Å². The largest absolute Gasteiger partial charge is 0.481 e. The zero-order valence-corrected chi connectivity index (χ0v) is 20.3. The fraction of sp³-hybridized carbons (Fsp3) is 0.423. The van der Waals surface area contributed by atoms with Gasteiger partial charge in [0.2, 0.25) is 11.8 Å². The van der Waals surface area contributed by atoms with Gasteiger partial charge >= 0.3 is 0 Å². The van der Waals surface area contributed by atoms with Crippen LogP contribution in [0.1, 0.15) is 74.2 Å². The number of aromatic nitrogens is 4. The second kappa shape index (κ2) is 9.64. The minimum atomic E-state index is -2.67. The van der Waals surface area contributed by atoms with Crippen molar-refractivity contribution in [1.82, 2.24) is 19.9 Å². The maximum atomic E-state index is 13.8. The number of hydrogen-bond acceptors (Lipinski definition) is 6. The molecule has 1 amide bonds. The Bertz CT molecular complexity index is 1200. The van der Waals surface area contributed by atoms with Crippen molar-refractivity contribution in [3.8, 4) is 17.1 Å². The molecule has 0 radical (unpaired) electrons. The second-order valence-corrected chi connectivity index (χ2v) is 9.81. The lowest BCUT2D eigenvalue weighted by Gasteiger charge is -2.29. The van der Waals surface area contributed by atoms with Crippen LogP contribution in [0.3, 0.4) is 0 Å². The normalized spacial score (nSPS) is 16.1. The molecule has 3 aromatic rings. The molecule has 1 aliphatic rings. The van der Waals surface area contributed by atoms with Crippen molar-refractivity contribution in [3.05, 3.63) is 59.9 Å². The monoisotopic (exact) mass is 481 g/mol. The van der Waals surface area contributed by atoms with Gasteiger partial charge in [0, 0.05) is 54.4 Å². The van der Waals surface area contributed by atoms with Gasteiger partial charge in [-0.25, -0.2) is 23.7 Å². The van der Waals surface area contributed by atoms with E-state index in [1.807, 2.05) is 20.8 Å². The zero-order chi connectivity index (χ0) is 25.2. The Hall–Kier alpha value is -3.49. The Labute approximate surface area is 203 Å². The number of nitrogens with one attached hydrogen (secondary N) is 1. The van der Waals surface area contributed by atoms with E-state index in [2.05, 4.69) is 25.3 Å². The number of nitrogens with zero attached hydrogens (tertiary/aromatic N) is 4. The van der Waals surface area contributed by atoms with Gasteiger partial charge in [0.05, 0.1) is 29.7 Å². The molecule has 7 nitrogen and oxygen atoms in total. The summed E-state index contributed by atoms with van der Waals surface area (Å²) in [4.78, 5) is 31.0. The lowest BCUT2D eigenvalue weighted by molar-refractivity contribution is -0.0384. The van der Waals surface area contributed by atoms with Crippen molar-refractivity contribution in [1.29, 1.82) is 0 Å². The second-order valence-electron chi connectivity index (χ2n) is 9.81. The highest BCUT2D eigenvalue weighted by atomic mass is 19.3. The summed E-state index contributed by atoms with van der Waals surface area (Å²) in [5, 5.41) is 2.96. The van der Waals surface area contributed by atoms with Gasteiger partial charge in [-0.15, -0.1) is 0 Å². The van der Waals surface area contributed by atoms with Gasteiger partial charge in [0.15, 0.2) is 0 Å². The Morgan fingerprint density at radius 1 is 1.09 bits per heavy atom. The van der Waals surface area contributed by atoms with Gasteiger partial charge in [-0.1, -0.05) is 26.8 Å². The molecular formula is C26H29F2N5O2. The van der Waals surface area contributed by atoms with Crippen molar-refractivity contribution in [2.75, 3.05) is 12.4 Å². The number of amides is 1. The summed E-state index contributed by atoms with van der Waals surface area (Å²) in [5.74, 6) is -2.25. The number of carbonyl (C=O) groups excluding carboxylic acids is 1. The van der Waals surface area contributed by atoms with Gasteiger partial charge in [-0.3, -0.25) is 9.78 Å². The third-order valence-electron chi connectivity index (χ3n) is 6.12. The van der Waals surface area contributed by atoms with Crippen LogP contribution >= 0.6 is 0 Å². The maximum Gasteiger partial charge on any atom is 0.258 e. The molecule has 4 rings (SSSR count). The highest BCUT2D eigenvalue weighted by Gasteiger charge is 2.37. The lowest BCUT2D eigenvalue weighted by Crippen LogP contribution is -2.25. The Balaban J connectivity index is 1.73. The summed E-state index contributed by atoms with van der Waals surface area (Å²) in [6.07, 6.45) is 4.73. The van der Waals surface area contributed by atoms with Crippen LogP contribution in [0.4, 0.5) is 14.5 Å². The molecule has 0 aliphatic heterocycles. The summed E-state index contributed by atoms with van der Waals surface area (Å²) in [6, 6.07) is 7.07. The van der Waals surface area contributed by atoms with Crippen molar-refractivity contribution < 1.29 is 18.3 Å². The SMILES string of the molecule is COc1cccc(-c2ccnc(C3CCC(F)(F)CC3)c2NC(=O)c2cnc(C(C)(C)C)nc2)n1. The number of ether oxygens (including phenoxy) is 1. The highest BCUT2D eigenvalue weighted by Crippen LogP contribution is 2.44. The molecular weight excluding hydrogens is 452 g/mol. The Morgan fingerprint density at radius 3 is 2.40 bits per heavy atom. The molecule has 1 fully saturated rings. The first-order chi connectivity index (χ1) is 16.6. The topological polar surface area (TPSA) is 89.9 Å². The molecule has 3 aromatic heterocycles. The van der Waals surface area contributed by atoms with Crippen molar-refractivity contribution in [2.24, 2.45) is 0 Å². The van der Waals surface area contributed by atoms with Crippen LogP contribution in [-0.2, 0) is 5.41 Å². The van der Waals surface area contributed by atoms with E-state index < -0.39 is 11.8 Å². The van der Waals surface area contributed by atoms with Crippen molar-refractivity contribution in [2.45, 2.75) is 63.7 Å². The van der Waals surface area contributed by atoms with Crippen molar-refractivity contribution >= 4 is 11.6 Å². The molecule has 3 heterocycles. The summed E-state index contributed by atoms with van der Waals surface area (Å²) < 4.78 is 32.9. The smallest absolute Gasteiger partial charge is 0.258 e. The Kier molecular flexibility index (Phi) is 6.78. The third kappa shape index (κ3) is 5.61. The summed E-state index contributed by atoms with van der Waals surface area (Å²) >= 11 is 0. The molecule has 1 saturated carbocycles. The third-order valence-corrected chi connectivity index (χ3v) is 6.12. The fourth-order valence-corrected chi connectivity index (χ4v) is 4.14. The van der Waals surface area contributed by atoms with E-state index in [1.54, 1.807) is 30.5 Å². The number of alkyl halides is 2. The van der Waals surface area contributed by atoms with E-state index in [-0.39, 0.29) is 42.6 Å². The van der Waals surface area contributed by atoms with E-state index in [0.717, 1.165) is 0 Å². The van der Waals surface area contributed by atoms with E-state index >= 15 is 0 Å². The summed E-state index contributed by atoms with van der Waals surface area (Å²) in [5.41, 5.74) is 2.26. The molecule has 1 aliphatic carbocycles. The molecule has 0 unspecified atom stereocenters. The Morgan fingerprint density at radius 2 is 1.77 bits per heavy atom. The molecule has 0 bridgehead atoms. The van der Waals surface area contributed by atoms with E-state index in [4.69, 9.17) is 4.74 Å². The maximum absolute atomic E-state index is 13.8. The number of hydrogen-bond donors (Lipinski definition) is 1. The van der Waals surface area contributed by atoms with Crippen LogP contribution in [0.25, 0.3) is 11.3 Å². The van der Waals surface area contributed by atoms with Crippen LogP contribution in [0.2, 0.25) is 0 Å². The standard InChI is InChI=1S/C26H29F2N5O2/c1-25(2,3)24-30-14-17(15-31-24)23(34)33-22-18(19-6-5-7-20(32-19)35-4)10-13-29-21(22)16-8-11-26(27,28)12-9-16/h5-7,10,13-16H,8-9,11-12H2,1-4H3,(H,33,34). The van der Waals surface area contributed by atoms with Gasteiger partial charge < -0.3 is 10.1 Å². The molecule has 0 atom stereocenters. The number of pyridine rings is 2. The average molecular weight is 482 g/mol. The number of carbonyl (C=O) groups is 1. The van der Waals surface area contributed by atoms with Gasteiger partial charge in [-0.2, -0.15) is 0 Å². The van der Waals surface area contributed by atoms with Gasteiger partial charge in [-0.05, 0) is 25.0 Å². The van der Waals surface area contributed by atoms with Gasteiger partial charge in [0.1, 0.15) is 5.82 Å². The van der Waals surface area contributed by atoms with E-state index in [0.29, 0.717) is 34.3 Å². The number of rotatable bonds is 5. The average Bonchev–Trinajstić information content (AvgIpc) is 2.84. The number of methoxy groups -OCH3 is 1. The molecule has 1 N–H and O–H groups in total. The predicted octanol–water partition coefficient (Wildman–Crippen LogP) is 5.78. The van der Waals surface area contributed by atoms with Crippen LogP contribution in [0.5, 0.6) is 5.88 Å². The lowest BCUT2D eigenvalue weighted by atomic mass is 9.83. The number of anilines is 1. The first kappa shape index (κ1) is 24.6. The molecule has 184 valence electrons. The van der Waals surface area contributed by atoms with Crippen LogP contribution < -0.4 is 10.1 Å². The summed E-state index contributed by atoms with van der Waals surface area (Å²) in [6.45, 7) is 5.97. The fourth-order valence-electron chi connectivity index (χ4n) is 4.14. The van der Waals surface area contributed by atoms with Crippen LogP contribution in [0, 0.1) is 0 Å². The minimum absolute atomic E-state index is 0.212. The quantitative estimate of drug-likeness (QED) is 0.496. The first-order valence-electron chi connectivity index (χ1n) is 11.6. The van der Waals surface area contributed by atoms with Gasteiger partial charge in [0.25, 0.3) is 5.91 Å². The molecule has 9 heteroatoms. The molecule has 35 heavy (non-hydrogen) atoms. The van der Waals surface area contributed by atoms with E-state index in [1.165, 1.54) is 19.5 Å². The number of halogens is 2. The molecule has 0 spiro atoms. The molecule has 0 aromatic carbocycles.